The summed E-state index contributed by atoms with van der Waals surface area (Å²) in [5, 5.41) is 7.69. The van der Waals surface area contributed by atoms with E-state index in [1.807, 2.05) is 18.7 Å². The summed E-state index contributed by atoms with van der Waals surface area (Å²) in [4.78, 5) is 0. The van der Waals surface area contributed by atoms with Gasteiger partial charge in [-0.3, -0.25) is 0 Å². The van der Waals surface area contributed by atoms with Gasteiger partial charge in [0.25, 0.3) is 0 Å². The minimum atomic E-state index is 0.398. The lowest BCUT2D eigenvalue weighted by Crippen LogP contribution is -2.20. The van der Waals surface area contributed by atoms with Gasteiger partial charge in [-0.25, -0.2) is 0 Å². The van der Waals surface area contributed by atoms with Crippen LogP contribution in [-0.4, -0.2) is 23.5 Å². The van der Waals surface area contributed by atoms with Crippen molar-refractivity contribution in [3.8, 4) is 0 Å². The number of hydrogen-bond donors (Lipinski definition) is 0. The highest BCUT2D eigenvalue weighted by molar-refractivity contribution is 5.85. The molecular weight excluding hydrogens is 102 g/mol. The van der Waals surface area contributed by atoms with Gasteiger partial charge in [0.2, 0.25) is 5.71 Å². The second-order valence-electron chi connectivity index (χ2n) is 2.08. The summed E-state index contributed by atoms with van der Waals surface area (Å²) in [7, 11) is 1.92. The molecule has 1 unspecified atom stereocenters. The molecule has 44 valence electrons. The maximum absolute atomic E-state index is 3.87. The van der Waals surface area contributed by atoms with E-state index >= 15 is 0 Å². The Morgan fingerprint density at radius 3 is 2.38 bits per heavy atom. The molecule has 0 spiro atoms. The van der Waals surface area contributed by atoms with Crippen LogP contribution in [0.5, 0.6) is 0 Å². The molecule has 3 nitrogen and oxygen atoms in total. The molecule has 0 amide bonds. The molecule has 1 rings (SSSR count). The van der Waals surface area contributed by atoms with Gasteiger partial charge in [0.05, 0.1) is 12.1 Å². The Balaban J connectivity index is 2.75. The third-order valence-electron chi connectivity index (χ3n) is 1.51. The van der Waals surface area contributed by atoms with Crippen molar-refractivity contribution in [2.45, 2.75) is 19.9 Å². The van der Waals surface area contributed by atoms with Crippen molar-refractivity contribution in [3.63, 3.8) is 0 Å². The summed E-state index contributed by atoms with van der Waals surface area (Å²) in [6.07, 6.45) is 0. The van der Waals surface area contributed by atoms with E-state index in [4.69, 9.17) is 0 Å². The van der Waals surface area contributed by atoms with E-state index in [9.17, 15) is 0 Å². The van der Waals surface area contributed by atoms with Gasteiger partial charge < -0.3 is 0 Å². The summed E-state index contributed by atoms with van der Waals surface area (Å²) in [6.45, 7) is 4.06. The normalized spacial score (nSPS) is 27.6. The molecule has 0 aromatic rings. The van der Waals surface area contributed by atoms with Gasteiger partial charge in [-0.2, -0.15) is 4.70 Å². The number of hydrogen-bond acceptors (Lipinski definition) is 2. The van der Waals surface area contributed by atoms with Crippen LogP contribution in [0.2, 0.25) is 0 Å². The zero-order chi connectivity index (χ0) is 6.15. The van der Waals surface area contributed by atoms with Crippen molar-refractivity contribution in [1.82, 2.24) is 0 Å². The molecule has 0 N–H and O–H groups in total. The van der Waals surface area contributed by atoms with Crippen molar-refractivity contribution in [2.75, 3.05) is 7.05 Å². The monoisotopic (exact) mass is 112 g/mol. The number of nitrogens with zero attached hydrogens (tertiary/aromatic N) is 3. The van der Waals surface area contributed by atoms with E-state index in [0.717, 1.165) is 5.71 Å². The molecule has 0 saturated carbocycles. The average molecular weight is 112 g/mol. The zero-order valence-corrected chi connectivity index (χ0v) is 5.42. The van der Waals surface area contributed by atoms with E-state index < -0.39 is 0 Å². The van der Waals surface area contributed by atoms with E-state index in [1.54, 1.807) is 0 Å². The Bertz CT molecular complexity index is 139. The fourth-order valence-electron chi connectivity index (χ4n) is 0.572. The van der Waals surface area contributed by atoms with Crippen LogP contribution in [0.25, 0.3) is 0 Å². The highest BCUT2D eigenvalue weighted by Crippen LogP contribution is 2.01. The Labute approximate surface area is 48.7 Å². The summed E-state index contributed by atoms with van der Waals surface area (Å²) in [5.41, 5.74) is 1.09. The first-order chi connectivity index (χ1) is 3.72. The largest absolute Gasteiger partial charge is 0.200 e. The van der Waals surface area contributed by atoms with E-state index in [1.165, 1.54) is 0 Å². The summed E-state index contributed by atoms with van der Waals surface area (Å²) in [5.74, 6) is 0. The second kappa shape index (κ2) is 1.65. The van der Waals surface area contributed by atoms with Crippen LogP contribution in [0.15, 0.2) is 10.3 Å². The SMILES string of the molecule is CC1=NN=[N+](C)C1C. The van der Waals surface area contributed by atoms with Crippen molar-refractivity contribution in [3.05, 3.63) is 0 Å². The quantitative estimate of drug-likeness (QED) is 0.416. The molecule has 8 heavy (non-hydrogen) atoms. The van der Waals surface area contributed by atoms with E-state index in [0.29, 0.717) is 6.04 Å². The molecule has 1 heterocycles. The highest BCUT2D eigenvalue weighted by Gasteiger charge is 2.22. The zero-order valence-electron chi connectivity index (χ0n) is 5.42. The van der Waals surface area contributed by atoms with E-state index in [-0.39, 0.29) is 0 Å². The molecule has 1 atom stereocenters. The van der Waals surface area contributed by atoms with Crippen molar-refractivity contribution in [1.29, 1.82) is 0 Å². The van der Waals surface area contributed by atoms with Gasteiger partial charge in [-0.15, -0.1) is 0 Å². The maximum atomic E-state index is 3.87. The molecule has 1 aliphatic rings. The minimum absolute atomic E-state index is 0.398. The summed E-state index contributed by atoms with van der Waals surface area (Å²) in [6, 6.07) is 0.398. The first-order valence-electron chi connectivity index (χ1n) is 2.70. The van der Waals surface area contributed by atoms with Crippen molar-refractivity contribution < 1.29 is 4.70 Å². The van der Waals surface area contributed by atoms with E-state index in [2.05, 4.69) is 17.2 Å². The van der Waals surface area contributed by atoms with Gasteiger partial charge in [-0.1, -0.05) is 0 Å². The Kier molecular flexibility index (Phi) is 1.12. The Morgan fingerprint density at radius 2 is 2.25 bits per heavy atom. The molecule has 0 bridgehead atoms. The molecule has 0 radical (unpaired) electrons. The third-order valence-corrected chi connectivity index (χ3v) is 1.51. The molecule has 0 aliphatic carbocycles. The second-order valence-corrected chi connectivity index (χ2v) is 2.08. The molecule has 0 aromatic carbocycles. The standard InChI is InChI=1S/C5H10N3/c1-4-5(2)8(3)7-6-4/h5H,1-3H3/q+1. The van der Waals surface area contributed by atoms with Crippen LogP contribution >= 0.6 is 0 Å². The van der Waals surface area contributed by atoms with Gasteiger partial charge >= 0.3 is 0 Å². The topological polar surface area (TPSA) is 27.7 Å². The Hall–Kier alpha value is -0.730. The van der Waals surface area contributed by atoms with Crippen LogP contribution in [0, 0.1) is 0 Å². The number of rotatable bonds is 0. The first-order valence-corrected chi connectivity index (χ1v) is 2.70. The smallest absolute Gasteiger partial charge is 0.157 e. The van der Waals surface area contributed by atoms with Gasteiger partial charge in [0, 0.05) is 6.92 Å². The fraction of sp³-hybridized carbons (Fsp3) is 0.800. The maximum Gasteiger partial charge on any atom is 0.200 e. The first kappa shape index (κ1) is 5.41. The third kappa shape index (κ3) is 0.638. The predicted molar refractivity (Wildman–Crippen MR) is 31.2 cm³/mol. The molecule has 1 aliphatic heterocycles. The molecule has 0 fully saturated rings. The van der Waals surface area contributed by atoms with Crippen LogP contribution in [0.3, 0.4) is 0 Å². The van der Waals surface area contributed by atoms with Gasteiger partial charge in [0.1, 0.15) is 5.22 Å². The fourth-order valence-corrected chi connectivity index (χ4v) is 0.572. The van der Waals surface area contributed by atoms with Crippen LogP contribution < -0.4 is 0 Å². The average Bonchev–Trinajstić information content (AvgIpc) is 1.98. The minimum Gasteiger partial charge on any atom is -0.157 e. The Morgan fingerprint density at radius 1 is 1.62 bits per heavy atom. The van der Waals surface area contributed by atoms with Gasteiger partial charge in [0.15, 0.2) is 6.04 Å². The lowest BCUT2D eigenvalue weighted by Gasteiger charge is -1.93. The van der Waals surface area contributed by atoms with Crippen LogP contribution in [-0.2, 0) is 0 Å². The van der Waals surface area contributed by atoms with Gasteiger partial charge in [-0.05, 0) is 6.92 Å². The lowest BCUT2D eigenvalue weighted by molar-refractivity contribution is -0.577. The van der Waals surface area contributed by atoms with Crippen molar-refractivity contribution in [2.24, 2.45) is 10.3 Å². The predicted octanol–water partition coefficient (Wildman–Crippen LogP) is 0.859. The van der Waals surface area contributed by atoms with Crippen LogP contribution in [0.4, 0.5) is 0 Å². The highest BCUT2D eigenvalue weighted by atomic mass is 15.5. The van der Waals surface area contributed by atoms with Crippen molar-refractivity contribution >= 4 is 5.71 Å². The summed E-state index contributed by atoms with van der Waals surface area (Å²) < 4.78 is 1.84. The molecule has 0 aromatic heterocycles. The van der Waals surface area contributed by atoms with Crippen LogP contribution in [0.1, 0.15) is 13.8 Å². The lowest BCUT2D eigenvalue weighted by atomic mass is 10.2. The molecule has 0 saturated heterocycles. The summed E-state index contributed by atoms with van der Waals surface area (Å²) >= 11 is 0. The molecule has 3 heteroatoms. The molecular formula is C5H10N3+.